The standard InChI is InChI=1S/C22H21F2N5OS/c1-12(2)19-15(11-25-22-20(19)28-13(3)31-22)10-16(30)8-14-4-5-18(17(9-14)21(23)24)29-26-6-7-27-29/h4-7,9,11-12,21H,8,10H2,1-3H3. The van der Waals surface area contributed by atoms with Gasteiger partial charge in [-0.1, -0.05) is 31.3 Å². The summed E-state index contributed by atoms with van der Waals surface area (Å²) >= 11 is 1.53. The second-order valence-corrected chi connectivity index (χ2v) is 8.82. The molecule has 0 unspecified atom stereocenters. The second-order valence-electron chi connectivity index (χ2n) is 7.64. The summed E-state index contributed by atoms with van der Waals surface area (Å²) in [5.41, 5.74) is 3.23. The van der Waals surface area contributed by atoms with E-state index in [-0.39, 0.29) is 35.8 Å². The van der Waals surface area contributed by atoms with Gasteiger partial charge in [0.25, 0.3) is 6.43 Å². The van der Waals surface area contributed by atoms with Crippen LogP contribution in [-0.4, -0.2) is 30.7 Å². The van der Waals surface area contributed by atoms with Gasteiger partial charge in [0.2, 0.25) is 0 Å². The van der Waals surface area contributed by atoms with E-state index in [0.29, 0.717) is 5.56 Å². The summed E-state index contributed by atoms with van der Waals surface area (Å²) in [6, 6.07) is 4.54. The molecule has 0 N–H and O–H groups in total. The minimum absolute atomic E-state index is 0.0538. The number of pyridine rings is 1. The Balaban J connectivity index is 1.59. The van der Waals surface area contributed by atoms with Crippen molar-refractivity contribution < 1.29 is 13.6 Å². The number of carbonyl (C=O) groups excluding carboxylic acids is 1. The summed E-state index contributed by atoms with van der Waals surface area (Å²) in [4.78, 5) is 23.9. The van der Waals surface area contributed by atoms with Crippen LogP contribution in [0.5, 0.6) is 0 Å². The van der Waals surface area contributed by atoms with Gasteiger partial charge < -0.3 is 0 Å². The first kappa shape index (κ1) is 21.2. The van der Waals surface area contributed by atoms with E-state index in [1.807, 2.05) is 6.92 Å². The van der Waals surface area contributed by atoms with Crippen molar-refractivity contribution in [3.8, 4) is 5.69 Å². The number of halogens is 2. The van der Waals surface area contributed by atoms with E-state index in [9.17, 15) is 13.6 Å². The zero-order valence-electron chi connectivity index (χ0n) is 17.3. The molecule has 0 bridgehead atoms. The van der Waals surface area contributed by atoms with E-state index in [2.05, 4.69) is 34.0 Å². The molecule has 6 nitrogen and oxygen atoms in total. The highest BCUT2D eigenvalue weighted by molar-refractivity contribution is 7.18. The number of aromatic nitrogens is 5. The summed E-state index contributed by atoms with van der Waals surface area (Å²) in [7, 11) is 0. The average molecular weight is 442 g/mol. The molecule has 0 saturated carbocycles. The molecule has 0 fully saturated rings. The van der Waals surface area contributed by atoms with Gasteiger partial charge >= 0.3 is 0 Å². The lowest BCUT2D eigenvalue weighted by atomic mass is 9.93. The largest absolute Gasteiger partial charge is 0.299 e. The van der Waals surface area contributed by atoms with E-state index in [1.165, 1.54) is 35.9 Å². The number of carbonyl (C=O) groups is 1. The first-order valence-corrected chi connectivity index (χ1v) is 10.7. The molecule has 0 radical (unpaired) electrons. The van der Waals surface area contributed by atoms with Gasteiger partial charge in [0.1, 0.15) is 16.1 Å². The lowest BCUT2D eigenvalue weighted by molar-refractivity contribution is -0.117. The third-order valence-corrected chi connectivity index (χ3v) is 5.86. The molecule has 31 heavy (non-hydrogen) atoms. The Hall–Kier alpha value is -3.07. The fourth-order valence-electron chi connectivity index (χ4n) is 3.74. The highest BCUT2D eigenvalue weighted by atomic mass is 32.1. The van der Waals surface area contributed by atoms with Crippen molar-refractivity contribution in [3.05, 3.63) is 64.1 Å². The van der Waals surface area contributed by atoms with Crippen molar-refractivity contribution in [3.63, 3.8) is 0 Å². The van der Waals surface area contributed by atoms with Gasteiger partial charge in [0.05, 0.1) is 23.1 Å². The number of rotatable bonds is 7. The molecule has 0 aliphatic rings. The van der Waals surface area contributed by atoms with Crippen LogP contribution >= 0.6 is 11.3 Å². The highest BCUT2D eigenvalue weighted by Crippen LogP contribution is 2.31. The number of fused-ring (bicyclic) bond motifs is 1. The van der Waals surface area contributed by atoms with Crippen LogP contribution in [0.3, 0.4) is 0 Å². The van der Waals surface area contributed by atoms with Crippen molar-refractivity contribution in [1.82, 2.24) is 25.0 Å². The summed E-state index contributed by atoms with van der Waals surface area (Å²) in [5, 5.41) is 8.77. The lowest BCUT2D eigenvalue weighted by Gasteiger charge is -2.13. The molecule has 4 aromatic rings. The molecule has 160 valence electrons. The lowest BCUT2D eigenvalue weighted by Crippen LogP contribution is -2.11. The Morgan fingerprint density at radius 1 is 1.16 bits per heavy atom. The molecule has 3 heterocycles. The molecule has 0 amide bonds. The molecular formula is C22H21F2N5OS. The number of hydrogen-bond acceptors (Lipinski definition) is 6. The van der Waals surface area contributed by atoms with E-state index in [0.717, 1.165) is 31.3 Å². The van der Waals surface area contributed by atoms with Crippen LogP contribution in [0.4, 0.5) is 8.78 Å². The van der Waals surface area contributed by atoms with Gasteiger partial charge in [0, 0.05) is 24.6 Å². The van der Waals surface area contributed by atoms with Crippen LogP contribution in [0.2, 0.25) is 0 Å². The summed E-state index contributed by atoms with van der Waals surface area (Å²) < 4.78 is 27.2. The van der Waals surface area contributed by atoms with E-state index >= 15 is 0 Å². The third kappa shape index (κ3) is 4.36. The fraction of sp³-hybridized carbons (Fsp3) is 0.318. The summed E-state index contributed by atoms with van der Waals surface area (Å²) in [6.45, 7) is 6.06. The van der Waals surface area contributed by atoms with E-state index in [1.54, 1.807) is 12.3 Å². The minimum Gasteiger partial charge on any atom is -0.299 e. The SMILES string of the molecule is Cc1nc2c(C(C)C)c(CC(=O)Cc3ccc(-n4nccn4)c(C(F)F)c3)cnc2s1. The van der Waals surface area contributed by atoms with Crippen molar-refractivity contribution in [2.24, 2.45) is 0 Å². The number of nitrogens with zero attached hydrogens (tertiary/aromatic N) is 5. The van der Waals surface area contributed by atoms with Crippen molar-refractivity contribution in [2.45, 2.75) is 46.0 Å². The maximum Gasteiger partial charge on any atom is 0.266 e. The predicted molar refractivity (Wildman–Crippen MR) is 115 cm³/mol. The molecule has 0 atom stereocenters. The number of benzene rings is 1. The average Bonchev–Trinajstić information content (AvgIpc) is 3.36. The Morgan fingerprint density at radius 3 is 2.58 bits per heavy atom. The van der Waals surface area contributed by atoms with E-state index < -0.39 is 6.43 Å². The number of hydrogen-bond donors (Lipinski definition) is 0. The Bertz CT molecular complexity index is 1230. The summed E-state index contributed by atoms with van der Waals surface area (Å²) in [5.74, 6) is 0.112. The van der Waals surface area contributed by atoms with Gasteiger partial charge in [-0.15, -0.1) is 0 Å². The van der Waals surface area contributed by atoms with Gasteiger partial charge in [-0.25, -0.2) is 18.7 Å². The maximum atomic E-state index is 13.6. The van der Waals surface area contributed by atoms with Crippen molar-refractivity contribution in [2.75, 3.05) is 0 Å². The molecule has 0 saturated heterocycles. The number of aryl methyl sites for hydroxylation is 1. The quantitative estimate of drug-likeness (QED) is 0.404. The molecule has 0 aliphatic heterocycles. The maximum absolute atomic E-state index is 13.6. The first-order chi connectivity index (χ1) is 14.8. The molecule has 4 rings (SSSR count). The number of Topliss-reactive ketones (excluding diaryl/α,β-unsaturated/α-hetero) is 1. The van der Waals surface area contributed by atoms with Crippen LogP contribution in [0.25, 0.3) is 16.0 Å². The molecule has 9 heteroatoms. The highest BCUT2D eigenvalue weighted by Gasteiger charge is 2.20. The molecule has 0 spiro atoms. The molecule has 0 aliphatic carbocycles. The number of thiazole rings is 1. The molecule has 1 aromatic carbocycles. The first-order valence-electron chi connectivity index (χ1n) is 9.87. The monoisotopic (exact) mass is 441 g/mol. The van der Waals surface area contributed by atoms with Crippen LogP contribution in [0.15, 0.2) is 36.8 Å². The molecule has 3 aromatic heterocycles. The predicted octanol–water partition coefficient (Wildman–Crippen LogP) is 5.00. The number of ketones is 1. The van der Waals surface area contributed by atoms with E-state index in [4.69, 9.17) is 0 Å². The Labute approximate surface area is 182 Å². The topological polar surface area (TPSA) is 73.6 Å². The zero-order valence-corrected chi connectivity index (χ0v) is 18.2. The fourth-order valence-corrected chi connectivity index (χ4v) is 4.51. The van der Waals surface area contributed by atoms with Gasteiger partial charge in [-0.3, -0.25) is 4.79 Å². The normalized spacial score (nSPS) is 11.7. The third-order valence-electron chi connectivity index (χ3n) is 4.98. The number of alkyl halides is 2. The second kappa shape index (κ2) is 8.58. The van der Waals surface area contributed by atoms with Gasteiger partial charge in [-0.05, 0) is 41.7 Å². The smallest absolute Gasteiger partial charge is 0.266 e. The van der Waals surface area contributed by atoms with Gasteiger partial charge in [0.15, 0.2) is 0 Å². The van der Waals surface area contributed by atoms with Crippen LogP contribution in [0.1, 0.15) is 53.5 Å². The zero-order chi connectivity index (χ0) is 22.1. The van der Waals surface area contributed by atoms with Crippen molar-refractivity contribution in [1.29, 1.82) is 0 Å². The minimum atomic E-state index is -2.71. The van der Waals surface area contributed by atoms with Gasteiger partial charge in [-0.2, -0.15) is 15.0 Å². The molecular weight excluding hydrogens is 420 g/mol. The van der Waals surface area contributed by atoms with Crippen molar-refractivity contribution >= 4 is 27.5 Å². The Morgan fingerprint density at radius 2 is 1.90 bits per heavy atom. The van der Waals surface area contributed by atoms with Crippen LogP contribution in [-0.2, 0) is 17.6 Å². The van der Waals surface area contributed by atoms with Crippen LogP contribution in [0, 0.1) is 6.92 Å². The summed E-state index contributed by atoms with van der Waals surface area (Å²) in [6.07, 6.45) is 2.12. The van der Waals surface area contributed by atoms with Crippen LogP contribution < -0.4 is 0 Å². The Kier molecular flexibility index (Phi) is 5.86.